The lowest BCUT2D eigenvalue weighted by atomic mass is 10.1. The average Bonchev–Trinajstić information content (AvgIpc) is 3.06. The van der Waals surface area contributed by atoms with E-state index in [1.165, 1.54) is 0 Å². The van der Waals surface area contributed by atoms with Crippen molar-refractivity contribution in [3.8, 4) is 11.1 Å². The van der Waals surface area contributed by atoms with Crippen LogP contribution in [0.4, 0.5) is 0 Å². The Morgan fingerprint density at radius 2 is 2.24 bits per heavy atom. The highest BCUT2D eigenvalue weighted by Gasteiger charge is 2.14. The third kappa shape index (κ3) is 2.52. The molecule has 0 aliphatic rings. The van der Waals surface area contributed by atoms with Crippen LogP contribution in [0.1, 0.15) is 25.9 Å². The molecule has 21 heavy (non-hydrogen) atoms. The normalized spacial score (nSPS) is 13.0. The molecule has 110 valence electrons. The monoisotopic (exact) mass is 305 g/mol. The number of pyridine rings is 1. The zero-order valence-electron chi connectivity index (χ0n) is 12.1. The fourth-order valence-corrected chi connectivity index (χ4v) is 2.54. The van der Waals surface area contributed by atoms with Gasteiger partial charge in [0.1, 0.15) is 12.1 Å². The molecule has 3 heterocycles. The van der Waals surface area contributed by atoms with E-state index in [2.05, 4.69) is 15.2 Å². The van der Waals surface area contributed by atoms with Crippen molar-refractivity contribution in [2.24, 2.45) is 0 Å². The number of aromatic nitrogens is 5. The Morgan fingerprint density at radius 3 is 3.00 bits per heavy atom. The molecule has 6 nitrogen and oxygen atoms in total. The molecule has 1 atom stereocenters. The molecule has 0 N–H and O–H groups in total. The number of rotatable bonds is 4. The maximum atomic E-state index is 6.45. The van der Waals surface area contributed by atoms with E-state index in [0.29, 0.717) is 23.1 Å². The fourth-order valence-electron chi connectivity index (χ4n) is 2.24. The standard InChI is InChI=1S/C14H16ClN5O/c1-4-21-10(3)20-8-11(7-16-20)12-5-6-19-14(13(12)15)17-9(2)18-19/h5-8,10H,4H2,1-3H3. The molecule has 0 saturated carbocycles. The van der Waals surface area contributed by atoms with Crippen LogP contribution in [0.3, 0.4) is 0 Å². The van der Waals surface area contributed by atoms with E-state index >= 15 is 0 Å². The maximum Gasteiger partial charge on any atom is 0.174 e. The third-order valence-corrected chi connectivity index (χ3v) is 3.62. The lowest BCUT2D eigenvalue weighted by Gasteiger charge is -2.11. The van der Waals surface area contributed by atoms with Gasteiger partial charge in [-0.05, 0) is 26.8 Å². The lowest BCUT2D eigenvalue weighted by molar-refractivity contribution is 0.0160. The molecule has 0 radical (unpaired) electrons. The van der Waals surface area contributed by atoms with Crippen LogP contribution in [0.15, 0.2) is 24.7 Å². The van der Waals surface area contributed by atoms with Gasteiger partial charge < -0.3 is 4.74 Å². The number of aryl methyl sites for hydroxylation is 1. The summed E-state index contributed by atoms with van der Waals surface area (Å²) in [6.45, 7) is 6.39. The summed E-state index contributed by atoms with van der Waals surface area (Å²) in [5.41, 5.74) is 2.46. The van der Waals surface area contributed by atoms with Crippen LogP contribution in [0.2, 0.25) is 5.02 Å². The van der Waals surface area contributed by atoms with Crippen LogP contribution in [0, 0.1) is 6.92 Å². The molecule has 0 fully saturated rings. The van der Waals surface area contributed by atoms with Gasteiger partial charge in [-0.25, -0.2) is 14.2 Å². The average molecular weight is 306 g/mol. The molecule has 0 aliphatic heterocycles. The molecule has 3 rings (SSSR count). The highest BCUT2D eigenvalue weighted by molar-refractivity contribution is 6.36. The van der Waals surface area contributed by atoms with Crippen LogP contribution in [0.5, 0.6) is 0 Å². The van der Waals surface area contributed by atoms with Crippen molar-refractivity contribution in [3.05, 3.63) is 35.5 Å². The van der Waals surface area contributed by atoms with Crippen molar-refractivity contribution < 1.29 is 4.74 Å². The predicted octanol–water partition coefficient (Wildman–Crippen LogP) is 3.11. The number of ether oxygens (including phenoxy) is 1. The predicted molar refractivity (Wildman–Crippen MR) is 80.3 cm³/mol. The van der Waals surface area contributed by atoms with Crippen molar-refractivity contribution in [2.75, 3.05) is 6.61 Å². The summed E-state index contributed by atoms with van der Waals surface area (Å²) in [4.78, 5) is 4.34. The summed E-state index contributed by atoms with van der Waals surface area (Å²) < 4.78 is 8.97. The summed E-state index contributed by atoms with van der Waals surface area (Å²) >= 11 is 6.45. The molecule has 1 unspecified atom stereocenters. The molecule has 0 amide bonds. The summed E-state index contributed by atoms with van der Waals surface area (Å²) in [6.07, 6.45) is 5.43. The van der Waals surface area contributed by atoms with E-state index in [0.717, 1.165) is 11.1 Å². The van der Waals surface area contributed by atoms with Crippen molar-refractivity contribution >= 4 is 17.2 Å². The molecule has 7 heteroatoms. The van der Waals surface area contributed by atoms with Gasteiger partial charge in [0.2, 0.25) is 0 Å². The van der Waals surface area contributed by atoms with Gasteiger partial charge in [-0.15, -0.1) is 0 Å². The van der Waals surface area contributed by atoms with Crippen LogP contribution in [-0.4, -0.2) is 31.0 Å². The van der Waals surface area contributed by atoms with Crippen LogP contribution >= 0.6 is 11.6 Å². The summed E-state index contributed by atoms with van der Waals surface area (Å²) in [5, 5.41) is 9.15. The highest BCUT2D eigenvalue weighted by Crippen LogP contribution is 2.30. The molecular formula is C14H16ClN5O. The Hall–Kier alpha value is -1.92. The van der Waals surface area contributed by atoms with Gasteiger partial charge in [-0.2, -0.15) is 10.2 Å². The van der Waals surface area contributed by atoms with Crippen molar-refractivity contribution in [1.29, 1.82) is 0 Å². The van der Waals surface area contributed by atoms with Crippen LogP contribution in [0.25, 0.3) is 16.8 Å². The Kier molecular flexibility index (Phi) is 3.65. The Bertz CT molecular complexity index is 779. The number of fused-ring (bicyclic) bond motifs is 1. The molecule has 0 spiro atoms. The minimum atomic E-state index is -0.110. The zero-order valence-corrected chi connectivity index (χ0v) is 12.9. The van der Waals surface area contributed by atoms with Gasteiger partial charge in [-0.3, -0.25) is 0 Å². The van der Waals surface area contributed by atoms with E-state index in [-0.39, 0.29) is 6.23 Å². The van der Waals surface area contributed by atoms with Crippen molar-refractivity contribution in [2.45, 2.75) is 27.0 Å². The fraction of sp³-hybridized carbons (Fsp3) is 0.357. The third-order valence-electron chi connectivity index (χ3n) is 3.25. The van der Waals surface area contributed by atoms with E-state index in [4.69, 9.17) is 16.3 Å². The van der Waals surface area contributed by atoms with Gasteiger partial charge in [0.05, 0.1) is 11.2 Å². The lowest BCUT2D eigenvalue weighted by Crippen LogP contribution is -2.09. The summed E-state index contributed by atoms with van der Waals surface area (Å²) in [5.74, 6) is 0.690. The Labute approximate surface area is 127 Å². The van der Waals surface area contributed by atoms with Gasteiger partial charge in [0.25, 0.3) is 0 Å². The van der Waals surface area contributed by atoms with E-state index in [9.17, 15) is 0 Å². The SMILES string of the molecule is CCOC(C)n1cc(-c2ccn3nc(C)nc3c2Cl)cn1. The minimum absolute atomic E-state index is 0.110. The topological polar surface area (TPSA) is 57.2 Å². The largest absolute Gasteiger partial charge is 0.357 e. The number of nitrogens with zero attached hydrogens (tertiary/aromatic N) is 5. The van der Waals surface area contributed by atoms with Gasteiger partial charge in [-0.1, -0.05) is 11.6 Å². The van der Waals surface area contributed by atoms with Crippen LogP contribution < -0.4 is 0 Å². The number of halogens is 1. The second-order valence-corrected chi connectivity index (χ2v) is 5.11. The number of hydrogen-bond acceptors (Lipinski definition) is 4. The highest BCUT2D eigenvalue weighted by atomic mass is 35.5. The van der Waals surface area contributed by atoms with Gasteiger partial charge >= 0.3 is 0 Å². The second-order valence-electron chi connectivity index (χ2n) is 4.73. The maximum absolute atomic E-state index is 6.45. The van der Waals surface area contributed by atoms with Crippen molar-refractivity contribution in [3.63, 3.8) is 0 Å². The minimum Gasteiger partial charge on any atom is -0.357 e. The molecule has 3 aromatic rings. The van der Waals surface area contributed by atoms with Crippen LogP contribution in [-0.2, 0) is 4.74 Å². The summed E-state index contributed by atoms with van der Waals surface area (Å²) in [6, 6.07) is 1.91. The molecule has 0 aromatic carbocycles. The van der Waals surface area contributed by atoms with Gasteiger partial charge in [0.15, 0.2) is 5.65 Å². The molecular weight excluding hydrogens is 290 g/mol. The Morgan fingerprint density at radius 1 is 1.43 bits per heavy atom. The summed E-state index contributed by atoms with van der Waals surface area (Å²) in [7, 11) is 0. The van der Waals surface area contributed by atoms with E-state index < -0.39 is 0 Å². The first-order valence-corrected chi connectivity index (χ1v) is 7.15. The smallest absolute Gasteiger partial charge is 0.174 e. The Balaban J connectivity index is 2.02. The molecule has 0 saturated heterocycles. The van der Waals surface area contributed by atoms with E-state index in [1.54, 1.807) is 15.4 Å². The van der Waals surface area contributed by atoms with Crippen molar-refractivity contribution in [1.82, 2.24) is 24.4 Å². The molecule has 0 aliphatic carbocycles. The zero-order chi connectivity index (χ0) is 15.0. The first-order valence-electron chi connectivity index (χ1n) is 6.77. The van der Waals surface area contributed by atoms with E-state index in [1.807, 2.05) is 39.2 Å². The first-order chi connectivity index (χ1) is 10.1. The molecule has 0 bridgehead atoms. The quantitative estimate of drug-likeness (QED) is 0.743. The van der Waals surface area contributed by atoms with Gasteiger partial charge in [0, 0.05) is 30.1 Å². The second kappa shape index (κ2) is 5.46. The number of hydrogen-bond donors (Lipinski definition) is 0. The molecule has 3 aromatic heterocycles. The first kappa shape index (κ1) is 14.0.